The quantitative estimate of drug-likeness (QED) is 0.769. The maximum atomic E-state index is 10.6. The minimum Gasteiger partial charge on any atom is -0.369 e. The van der Waals surface area contributed by atoms with E-state index in [1.54, 1.807) is 0 Å². The molecule has 80 valence electrons. The van der Waals surface area contributed by atoms with Crippen LogP contribution in [-0.2, 0) is 4.79 Å². The summed E-state index contributed by atoms with van der Waals surface area (Å²) in [6.45, 7) is 0.298. The summed E-state index contributed by atoms with van der Waals surface area (Å²) in [6.07, 6.45) is 2.22. The Morgan fingerprint density at radius 1 is 1.33 bits per heavy atom. The molecule has 1 aliphatic carbocycles. The Balaban J connectivity index is 1.76. The van der Waals surface area contributed by atoms with Crippen LogP contribution >= 0.6 is 0 Å². The Bertz CT molecular complexity index is 331. The fourth-order valence-corrected chi connectivity index (χ4v) is 2.03. The van der Waals surface area contributed by atoms with Gasteiger partial charge < -0.3 is 11.1 Å². The van der Waals surface area contributed by atoms with E-state index in [9.17, 15) is 4.79 Å². The maximum Gasteiger partial charge on any atom is 0.231 e. The summed E-state index contributed by atoms with van der Waals surface area (Å²) in [5.74, 6) is 0.370. The number of carbonyl (C=O) groups is 1. The second-order valence-corrected chi connectivity index (χ2v) is 4.12. The van der Waals surface area contributed by atoms with Crippen molar-refractivity contribution in [2.75, 3.05) is 6.54 Å². The summed E-state index contributed by atoms with van der Waals surface area (Å²) < 4.78 is 0. The molecule has 0 saturated heterocycles. The Morgan fingerprint density at radius 3 is 2.60 bits per heavy atom. The number of hydrogen-bond acceptors (Lipinski definition) is 2. The normalized spacial score (nSPS) is 24.5. The van der Waals surface area contributed by atoms with Crippen molar-refractivity contribution in [2.45, 2.75) is 24.8 Å². The predicted octanol–water partition coefficient (Wildman–Crippen LogP) is 1.01. The molecule has 3 N–H and O–H groups in total. The van der Waals surface area contributed by atoms with E-state index >= 15 is 0 Å². The van der Waals surface area contributed by atoms with Crippen molar-refractivity contribution in [3.63, 3.8) is 0 Å². The zero-order valence-corrected chi connectivity index (χ0v) is 8.65. The Morgan fingerprint density at radius 2 is 2.00 bits per heavy atom. The van der Waals surface area contributed by atoms with Crippen molar-refractivity contribution in [1.29, 1.82) is 0 Å². The summed E-state index contributed by atoms with van der Waals surface area (Å²) in [5.41, 5.74) is 6.46. The average molecular weight is 204 g/mol. The van der Waals surface area contributed by atoms with Gasteiger partial charge in [0.2, 0.25) is 5.91 Å². The second-order valence-electron chi connectivity index (χ2n) is 4.12. The van der Waals surface area contributed by atoms with Crippen LogP contribution in [-0.4, -0.2) is 18.5 Å². The van der Waals surface area contributed by atoms with E-state index in [2.05, 4.69) is 29.6 Å². The van der Waals surface area contributed by atoms with Crippen molar-refractivity contribution in [3.8, 4) is 0 Å². The lowest BCUT2D eigenvalue weighted by atomic mass is 9.76. The first kappa shape index (κ1) is 10.2. The van der Waals surface area contributed by atoms with Gasteiger partial charge in [-0.05, 0) is 24.3 Å². The summed E-state index contributed by atoms with van der Waals surface area (Å²) >= 11 is 0. The van der Waals surface area contributed by atoms with E-state index in [1.807, 2.05) is 6.07 Å². The molecule has 2 rings (SSSR count). The SMILES string of the molecule is NC(=O)CNC1CC(c2ccccc2)C1. The third kappa shape index (κ3) is 2.57. The molecule has 1 aromatic carbocycles. The van der Waals surface area contributed by atoms with E-state index in [1.165, 1.54) is 5.56 Å². The maximum absolute atomic E-state index is 10.6. The first-order valence-corrected chi connectivity index (χ1v) is 5.32. The molecule has 3 heteroatoms. The van der Waals surface area contributed by atoms with Gasteiger partial charge in [0.1, 0.15) is 0 Å². The molecule has 15 heavy (non-hydrogen) atoms. The molecular weight excluding hydrogens is 188 g/mol. The number of amides is 1. The smallest absolute Gasteiger partial charge is 0.231 e. The third-order valence-corrected chi connectivity index (χ3v) is 2.97. The number of nitrogens with two attached hydrogens (primary N) is 1. The molecule has 3 nitrogen and oxygen atoms in total. The van der Waals surface area contributed by atoms with Crippen LogP contribution in [0.3, 0.4) is 0 Å². The molecule has 1 fully saturated rings. The van der Waals surface area contributed by atoms with Crippen molar-refractivity contribution < 1.29 is 4.79 Å². The van der Waals surface area contributed by atoms with Crippen LogP contribution in [0.1, 0.15) is 24.3 Å². The molecule has 1 aliphatic rings. The Hall–Kier alpha value is -1.35. The van der Waals surface area contributed by atoms with Crippen LogP contribution in [0, 0.1) is 0 Å². The minimum atomic E-state index is -0.279. The highest BCUT2D eigenvalue weighted by molar-refractivity contribution is 5.75. The van der Waals surface area contributed by atoms with E-state index in [0.717, 1.165) is 12.8 Å². The molecule has 0 spiro atoms. The van der Waals surface area contributed by atoms with Crippen molar-refractivity contribution in [2.24, 2.45) is 5.73 Å². The van der Waals surface area contributed by atoms with Gasteiger partial charge in [0.05, 0.1) is 6.54 Å². The van der Waals surface area contributed by atoms with Gasteiger partial charge in [-0.1, -0.05) is 30.3 Å². The Kier molecular flexibility index (Phi) is 3.02. The van der Waals surface area contributed by atoms with Crippen LogP contribution in [0.4, 0.5) is 0 Å². The number of nitrogens with one attached hydrogen (secondary N) is 1. The first-order valence-electron chi connectivity index (χ1n) is 5.32. The summed E-state index contributed by atoms with van der Waals surface area (Å²) in [4.78, 5) is 10.6. The van der Waals surface area contributed by atoms with Crippen LogP contribution in [0.2, 0.25) is 0 Å². The molecule has 0 atom stereocenters. The molecule has 0 aliphatic heterocycles. The highest BCUT2D eigenvalue weighted by Crippen LogP contribution is 2.36. The lowest BCUT2D eigenvalue weighted by Crippen LogP contribution is -2.43. The van der Waals surface area contributed by atoms with Gasteiger partial charge in [-0.25, -0.2) is 0 Å². The number of benzene rings is 1. The van der Waals surface area contributed by atoms with Crippen LogP contribution in [0.5, 0.6) is 0 Å². The Labute approximate surface area is 89.7 Å². The molecular formula is C12H16N2O. The van der Waals surface area contributed by atoms with Gasteiger partial charge in [-0.2, -0.15) is 0 Å². The lowest BCUT2D eigenvalue weighted by Gasteiger charge is -2.36. The third-order valence-electron chi connectivity index (χ3n) is 2.97. The van der Waals surface area contributed by atoms with E-state index in [-0.39, 0.29) is 5.91 Å². The van der Waals surface area contributed by atoms with Crippen LogP contribution < -0.4 is 11.1 Å². The molecule has 1 saturated carbocycles. The minimum absolute atomic E-state index is 0.279. The average Bonchev–Trinajstić information content (AvgIpc) is 2.16. The first-order chi connectivity index (χ1) is 7.25. The molecule has 0 heterocycles. The number of primary amides is 1. The van der Waals surface area contributed by atoms with E-state index in [4.69, 9.17) is 5.73 Å². The van der Waals surface area contributed by atoms with Crippen LogP contribution in [0.25, 0.3) is 0 Å². The fraction of sp³-hybridized carbons (Fsp3) is 0.417. The zero-order chi connectivity index (χ0) is 10.7. The second kappa shape index (κ2) is 4.45. The highest BCUT2D eigenvalue weighted by Gasteiger charge is 2.29. The van der Waals surface area contributed by atoms with Gasteiger partial charge in [0.15, 0.2) is 0 Å². The summed E-state index contributed by atoms with van der Waals surface area (Å²) in [5, 5.41) is 3.14. The fourth-order valence-electron chi connectivity index (χ4n) is 2.03. The molecule has 1 aromatic rings. The van der Waals surface area contributed by atoms with Crippen molar-refractivity contribution in [1.82, 2.24) is 5.32 Å². The molecule has 0 bridgehead atoms. The molecule has 0 unspecified atom stereocenters. The molecule has 1 amide bonds. The summed E-state index contributed by atoms with van der Waals surface area (Å²) in [7, 11) is 0. The number of hydrogen-bond donors (Lipinski definition) is 2. The van der Waals surface area contributed by atoms with Crippen LogP contribution in [0.15, 0.2) is 30.3 Å². The molecule has 0 aromatic heterocycles. The topological polar surface area (TPSA) is 55.1 Å². The lowest BCUT2D eigenvalue weighted by molar-refractivity contribution is -0.117. The van der Waals surface area contributed by atoms with Gasteiger partial charge in [0, 0.05) is 6.04 Å². The van der Waals surface area contributed by atoms with Gasteiger partial charge in [-0.3, -0.25) is 4.79 Å². The monoisotopic (exact) mass is 204 g/mol. The van der Waals surface area contributed by atoms with Crippen molar-refractivity contribution in [3.05, 3.63) is 35.9 Å². The van der Waals surface area contributed by atoms with E-state index in [0.29, 0.717) is 18.5 Å². The van der Waals surface area contributed by atoms with Gasteiger partial charge >= 0.3 is 0 Å². The summed E-state index contributed by atoms with van der Waals surface area (Å²) in [6, 6.07) is 11.0. The van der Waals surface area contributed by atoms with E-state index < -0.39 is 0 Å². The zero-order valence-electron chi connectivity index (χ0n) is 8.65. The highest BCUT2D eigenvalue weighted by atomic mass is 16.1. The largest absolute Gasteiger partial charge is 0.369 e. The van der Waals surface area contributed by atoms with Crippen molar-refractivity contribution >= 4 is 5.91 Å². The molecule has 0 radical (unpaired) electrons. The number of carbonyl (C=O) groups excluding carboxylic acids is 1. The standard InChI is InChI=1S/C12H16N2O/c13-12(15)8-14-11-6-10(7-11)9-4-2-1-3-5-9/h1-5,10-11,14H,6-8H2,(H2,13,15). The number of rotatable bonds is 4. The van der Waals surface area contributed by atoms with Gasteiger partial charge in [-0.15, -0.1) is 0 Å². The predicted molar refractivity (Wildman–Crippen MR) is 59.4 cm³/mol. The van der Waals surface area contributed by atoms with Gasteiger partial charge in [0.25, 0.3) is 0 Å².